The number of halogens is 2. The number of nitrogens with zero attached hydrogens (tertiary/aromatic N) is 3. The Hall–Kier alpha value is -2.94. The number of rotatable bonds is 7. The highest BCUT2D eigenvalue weighted by molar-refractivity contribution is 6.42. The van der Waals surface area contributed by atoms with Crippen molar-refractivity contribution in [2.45, 2.75) is 38.5 Å². The summed E-state index contributed by atoms with van der Waals surface area (Å²) >= 11 is 12.1. The van der Waals surface area contributed by atoms with Gasteiger partial charge in [-0.05, 0) is 42.7 Å². The first-order chi connectivity index (χ1) is 16.4. The van der Waals surface area contributed by atoms with Crippen molar-refractivity contribution in [3.63, 3.8) is 0 Å². The highest BCUT2D eigenvalue weighted by Gasteiger charge is 2.32. The maximum Gasteiger partial charge on any atom is 0.303 e. The van der Waals surface area contributed by atoms with Crippen LogP contribution in [-0.2, 0) is 20.9 Å². The van der Waals surface area contributed by atoms with Gasteiger partial charge in [0.15, 0.2) is 0 Å². The van der Waals surface area contributed by atoms with Gasteiger partial charge in [0.2, 0.25) is 5.89 Å². The Morgan fingerprint density at radius 1 is 1.12 bits per heavy atom. The van der Waals surface area contributed by atoms with Crippen molar-refractivity contribution in [3.05, 3.63) is 70.0 Å². The van der Waals surface area contributed by atoms with Crippen LogP contribution in [0, 0.1) is 0 Å². The van der Waals surface area contributed by atoms with Crippen LogP contribution in [0.3, 0.4) is 0 Å². The summed E-state index contributed by atoms with van der Waals surface area (Å²) in [7, 11) is 0. The molecule has 8 nitrogen and oxygen atoms in total. The number of amides is 1. The maximum absolute atomic E-state index is 13.0. The predicted molar refractivity (Wildman–Crippen MR) is 127 cm³/mol. The van der Waals surface area contributed by atoms with E-state index in [0.29, 0.717) is 15.6 Å². The zero-order valence-electron chi connectivity index (χ0n) is 18.5. The van der Waals surface area contributed by atoms with Gasteiger partial charge in [-0.1, -0.05) is 47.5 Å². The second kappa shape index (κ2) is 11.0. The zero-order chi connectivity index (χ0) is 24.1. The van der Waals surface area contributed by atoms with Gasteiger partial charge in [-0.25, -0.2) is 0 Å². The van der Waals surface area contributed by atoms with Crippen LogP contribution in [-0.4, -0.2) is 46.1 Å². The molecule has 1 N–H and O–H groups in total. The number of nitrogens with one attached hydrogen (secondary N) is 1. The SMILES string of the molecule is CC(=O)OC(C(=O)NC1CCN(Cc2ccc(Cl)c(Cl)c2)CC1)c1nnc(-c2ccccc2)o1. The Kier molecular flexibility index (Phi) is 7.82. The third-order valence-electron chi connectivity index (χ3n) is 5.53. The van der Waals surface area contributed by atoms with E-state index in [-0.39, 0.29) is 17.8 Å². The van der Waals surface area contributed by atoms with Gasteiger partial charge in [-0.2, -0.15) is 0 Å². The number of esters is 1. The first-order valence-electron chi connectivity index (χ1n) is 10.9. The minimum absolute atomic E-state index is 0.0628. The number of carbonyl (C=O) groups is 2. The van der Waals surface area contributed by atoms with E-state index in [9.17, 15) is 9.59 Å². The molecule has 34 heavy (non-hydrogen) atoms. The normalized spacial score (nSPS) is 15.6. The van der Waals surface area contributed by atoms with Crippen molar-refractivity contribution in [2.75, 3.05) is 13.1 Å². The van der Waals surface area contributed by atoms with Crippen molar-refractivity contribution in [2.24, 2.45) is 0 Å². The van der Waals surface area contributed by atoms with Crippen molar-refractivity contribution in [3.8, 4) is 11.5 Å². The molecule has 0 radical (unpaired) electrons. The van der Waals surface area contributed by atoms with Gasteiger partial charge < -0.3 is 14.5 Å². The molecule has 1 atom stereocenters. The number of ether oxygens (including phenoxy) is 1. The summed E-state index contributed by atoms with van der Waals surface area (Å²) in [5.74, 6) is -0.919. The minimum atomic E-state index is -1.31. The summed E-state index contributed by atoms with van der Waals surface area (Å²) in [5, 5.41) is 12.0. The Labute approximate surface area is 207 Å². The fraction of sp³-hybridized carbons (Fsp3) is 0.333. The van der Waals surface area contributed by atoms with Gasteiger partial charge in [0.25, 0.3) is 17.9 Å². The Morgan fingerprint density at radius 3 is 2.53 bits per heavy atom. The number of aromatic nitrogens is 2. The summed E-state index contributed by atoms with van der Waals surface area (Å²) < 4.78 is 10.9. The summed E-state index contributed by atoms with van der Waals surface area (Å²) in [6, 6.07) is 14.7. The highest BCUT2D eigenvalue weighted by Crippen LogP contribution is 2.25. The van der Waals surface area contributed by atoms with E-state index >= 15 is 0 Å². The Morgan fingerprint density at radius 2 is 1.85 bits per heavy atom. The van der Waals surface area contributed by atoms with Crippen molar-refractivity contribution in [1.82, 2.24) is 20.4 Å². The van der Waals surface area contributed by atoms with Crippen LogP contribution in [0.25, 0.3) is 11.5 Å². The third kappa shape index (κ3) is 6.14. The summed E-state index contributed by atoms with van der Waals surface area (Å²) in [5.41, 5.74) is 1.79. The summed E-state index contributed by atoms with van der Waals surface area (Å²) in [4.78, 5) is 26.9. The van der Waals surface area contributed by atoms with E-state index in [1.807, 2.05) is 42.5 Å². The van der Waals surface area contributed by atoms with Gasteiger partial charge in [-0.15, -0.1) is 10.2 Å². The van der Waals surface area contributed by atoms with Gasteiger partial charge in [0.1, 0.15) is 0 Å². The molecule has 0 bridgehead atoms. The molecule has 1 aromatic heterocycles. The van der Waals surface area contributed by atoms with Crippen LogP contribution < -0.4 is 5.32 Å². The highest BCUT2D eigenvalue weighted by atomic mass is 35.5. The van der Waals surface area contributed by atoms with Crippen LogP contribution in [0.5, 0.6) is 0 Å². The lowest BCUT2D eigenvalue weighted by molar-refractivity contribution is -0.156. The second-order valence-electron chi connectivity index (χ2n) is 8.11. The molecule has 1 saturated heterocycles. The van der Waals surface area contributed by atoms with Crippen molar-refractivity contribution >= 4 is 35.1 Å². The topological polar surface area (TPSA) is 97.6 Å². The molecular weight excluding hydrogens is 479 g/mol. The molecule has 1 aliphatic rings. The molecule has 4 rings (SSSR count). The molecular formula is C24H24Cl2N4O4. The minimum Gasteiger partial charge on any atom is -0.442 e. The van der Waals surface area contributed by atoms with E-state index in [1.54, 1.807) is 6.07 Å². The standard InChI is InChI=1S/C24H24Cl2N4O4/c1-15(31)33-21(24-29-28-23(34-24)17-5-3-2-4-6-17)22(32)27-18-9-11-30(12-10-18)14-16-7-8-19(25)20(26)13-16/h2-8,13,18,21H,9-12,14H2,1H3,(H,27,32). The molecule has 2 aromatic carbocycles. The predicted octanol–water partition coefficient (Wildman–Crippen LogP) is 4.43. The molecule has 3 aromatic rings. The summed E-state index contributed by atoms with van der Waals surface area (Å²) in [6.07, 6.45) is 0.189. The fourth-order valence-electron chi connectivity index (χ4n) is 3.83. The van der Waals surface area contributed by atoms with Crippen molar-refractivity contribution < 1.29 is 18.7 Å². The fourth-order valence-corrected chi connectivity index (χ4v) is 4.15. The van der Waals surface area contributed by atoms with Crippen LogP contribution in [0.1, 0.15) is 37.3 Å². The monoisotopic (exact) mass is 502 g/mol. The molecule has 10 heteroatoms. The number of hydrogen-bond donors (Lipinski definition) is 1. The van der Waals surface area contributed by atoms with E-state index in [2.05, 4.69) is 20.4 Å². The summed E-state index contributed by atoms with van der Waals surface area (Å²) in [6.45, 7) is 3.57. The number of hydrogen-bond acceptors (Lipinski definition) is 7. The average Bonchev–Trinajstić information content (AvgIpc) is 3.31. The van der Waals surface area contributed by atoms with Gasteiger partial charge >= 0.3 is 5.97 Å². The molecule has 1 aliphatic heterocycles. The van der Waals surface area contributed by atoms with Crippen LogP contribution in [0.15, 0.2) is 52.9 Å². The maximum atomic E-state index is 13.0. The third-order valence-corrected chi connectivity index (χ3v) is 6.27. The first kappa shape index (κ1) is 24.2. The van der Waals surface area contributed by atoms with Gasteiger partial charge in [0.05, 0.1) is 10.0 Å². The van der Waals surface area contributed by atoms with E-state index in [4.69, 9.17) is 32.4 Å². The molecule has 178 valence electrons. The number of carbonyl (C=O) groups excluding carboxylic acids is 2. The molecule has 1 fully saturated rings. The first-order valence-corrected chi connectivity index (χ1v) is 11.7. The molecule has 2 heterocycles. The van der Waals surface area contributed by atoms with Crippen LogP contribution >= 0.6 is 23.2 Å². The van der Waals surface area contributed by atoms with E-state index in [0.717, 1.165) is 38.0 Å². The Balaban J connectivity index is 1.36. The van der Waals surface area contributed by atoms with Crippen molar-refractivity contribution in [1.29, 1.82) is 0 Å². The molecule has 1 amide bonds. The van der Waals surface area contributed by atoms with Crippen LogP contribution in [0.2, 0.25) is 10.0 Å². The lowest BCUT2D eigenvalue weighted by atomic mass is 10.0. The molecule has 0 saturated carbocycles. The lowest BCUT2D eigenvalue weighted by Gasteiger charge is -2.32. The number of benzene rings is 2. The quantitative estimate of drug-likeness (QED) is 0.477. The number of piperidine rings is 1. The lowest BCUT2D eigenvalue weighted by Crippen LogP contribution is -2.46. The molecule has 0 aliphatic carbocycles. The van der Waals surface area contributed by atoms with Gasteiger partial charge in [-0.3, -0.25) is 14.5 Å². The molecule has 0 spiro atoms. The van der Waals surface area contributed by atoms with E-state index < -0.39 is 18.0 Å². The molecule has 1 unspecified atom stereocenters. The number of likely N-dealkylation sites (tertiary alicyclic amines) is 1. The van der Waals surface area contributed by atoms with Crippen LogP contribution in [0.4, 0.5) is 0 Å². The average molecular weight is 503 g/mol. The zero-order valence-corrected chi connectivity index (χ0v) is 20.1. The second-order valence-corrected chi connectivity index (χ2v) is 8.92. The van der Waals surface area contributed by atoms with E-state index in [1.165, 1.54) is 6.92 Å². The smallest absolute Gasteiger partial charge is 0.303 e. The van der Waals surface area contributed by atoms with Gasteiger partial charge in [0, 0.05) is 38.2 Å². The largest absolute Gasteiger partial charge is 0.442 e. The Bertz CT molecular complexity index is 1150.